The quantitative estimate of drug-likeness (QED) is 0.508. The van der Waals surface area contributed by atoms with Crippen molar-refractivity contribution in [1.29, 1.82) is 0 Å². The average Bonchev–Trinajstić information content (AvgIpc) is 3.35. The number of aliphatic hydroxyl groups excluding tert-OH is 1. The predicted octanol–water partition coefficient (Wildman–Crippen LogP) is 5.08. The molecule has 3 aromatic rings. The van der Waals surface area contributed by atoms with Crippen LogP contribution in [0.1, 0.15) is 36.6 Å². The molecule has 1 aliphatic heterocycles. The first-order valence-corrected chi connectivity index (χ1v) is 12.0. The molecule has 0 saturated carbocycles. The molecule has 0 amide bonds. The molecule has 2 aromatic heterocycles. The SMILES string of the molecule is COc1ccc2nccc([C@H](F)CC[C@@H]3CCN(CC#Cc4ccsc4)C[C@@H]3CO)c2c1. The number of piperidine rings is 1. The van der Waals surface area contributed by atoms with E-state index >= 15 is 4.39 Å². The fraction of sp³-hybridized carbons (Fsp3) is 0.423. The Bertz CT molecular complexity index is 1080. The Morgan fingerprint density at radius 3 is 3.00 bits per heavy atom. The van der Waals surface area contributed by atoms with E-state index in [9.17, 15) is 5.11 Å². The highest BCUT2D eigenvalue weighted by Gasteiger charge is 2.29. The van der Waals surface area contributed by atoms with E-state index in [-0.39, 0.29) is 12.5 Å². The maximum atomic E-state index is 15.3. The lowest BCUT2D eigenvalue weighted by Gasteiger charge is -2.37. The van der Waals surface area contributed by atoms with E-state index in [1.165, 1.54) is 0 Å². The number of ether oxygens (including phenoxy) is 1. The highest BCUT2D eigenvalue weighted by molar-refractivity contribution is 7.08. The summed E-state index contributed by atoms with van der Waals surface area (Å²) in [5.41, 5.74) is 2.49. The van der Waals surface area contributed by atoms with E-state index in [1.54, 1.807) is 30.7 Å². The van der Waals surface area contributed by atoms with Crippen LogP contribution in [-0.4, -0.2) is 48.3 Å². The van der Waals surface area contributed by atoms with Gasteiger partial charge in [-0.1, -0.05) is 11.8 Å². The number of aliphatic hydroxyl groups is 1. The van der Waals surface area contributed by atoms with Crippen LogP contribution in [0.5, 0.6) is 5.75 Å². The van der Waals surface area contributed by atoms with Gasteiger partial charge >= 0.3 is 0 Å². The molecule has 1 fully saturated rings. The number of rotatable bonds is 7. The standard InChI is InChI=1S/C26H29FN2O2S/c1-31-22-5-7-26-24(15-22)23(8-11-28-26)25(27)6-4-20-9-13-29(16-21(20)17-30)12-2-3-19-10-14-32-18-19/h5,7-8,10-11,14-15,18,20-21,25,30H,4,6,9,12-13,16-17H2,1H3/t20-,21-,25-/m1/s1. The number of nitrogens with zero attached hydrogens (tertiary/aromatic N) is 2. The molecule has 4 nitrogen and oxygen atoms in total. The van der Waals surface area contributed by atoms with E-state index in [4.69, 9.17) is 4.74 Å². The number of likely N-dealkylation sites (tertiary alicyclic amines) is 1. The minimum Gasteiger partial charge on any atom is -0.497 e. The van der Waals surface area contributed by atoms with Crippen molar-refractivity contribution in [3.8, 4) is 17.6 Å². The molecule has 0 radical (unpaired) electrons. The number of benzene rings is 1. The average molecular weight is 453 g/mol. The van der Waals surface area contributed by atoms with E-state index in [0.717, 1.165) is 42.4 Å². The van der Waals surface area contributed by atoms with Crippen molar-refractivity contribution < 1.29 is 14.2 Å². The molecule has 1 saturated heterocycles. The maximum Gasteiger partial charge on any atom is 0.126 e. The van der Waals surface area contributed by atoms with Gasteiger partial charge in [0, 0.05) is 35.7 Å². The van der Waals surface area contributed by atoms with E-state index in [2.05, 4.69) is 21.7 Å². The third-order valence-electron chi connectivity index (χ3n) is 6.38. The second-order valence-corrected chi connectivity index (χ2v) is 9.15. The number of aromatic nitrogens is 1. The number of fused-ring (bicyclic) bond motifs is 1. The molecule has 1 N–H and O–H groups in total. The molecular weight excluding hydrogens is 423 g/mol. The first-order chi connectivity index (χ1) is 15.7. The smallest absolute Gasteiger partial charge is 0.126 e. The van der Waals surface area contributed by atoms with Gasteiger partial charge in [0.15, 0.2) is 0 Å². The van der Waals surface area contributed by atoms with Crippen molar-refractivity contribution in [3.63, 3.8) is 0 Å². The van der Waals surface area contributed by atoms with Crippen LogP contribution < -0.4 is 4.74 Å². The summed E-state index contributed by atoms with van der Waals surface area (Å²) in [4.78, 5) is 6.65. The van der Waals surface area contributed by atoms with Crippen LogP contribution in [0.2, 0.25) is 0 Å². The topological polar surface area (TPSA) is 45.6 Å². The van der Waals surface area contributed by atoms with Gasteiger partial charge in [0.2, 0.25) is 0 Å². The third-order valence-corrected chi connectivity index (χ3v) is 7.06. The van der Waals surface area contributed by atoms with Crippen LogP contribution in [0, 0.1) is 23.7 Å². The van der Waals surface area contributed by atoms with Gasteiger partial charge in [-0.25, -0.2) is 4.39 Å². The molecule has 32 heavy (non-hydrogen) atoms. The zero-order valence-electron chi connectivity index (χ0n) is 18.3. The zero-order valence-corrected chi connectivity index (χ0v) is 19.2. The minimum absolute atomic E-state index is 0.130. The second-order valence-electron chi connectivity index (χ2n) is 8.37. The lowest BCUT2D eigenvalue weighted by Crippen LogP contribution is -2.42. The molecule has 168 valence electrons. The summed E-state index contributed by atoms with van der Waals surface area (Å²) >= 11 is 1.65. The normalized spacial score (nSPS) is 20.0. The summed E-state index contributed by atoms with van der Waals surface area (Å²) in [6, 6.07) is 9.36. The van der Waals surface area contributed by atoms with Gasteiger partial charge < -0.3 is 9.84 Å². The number of methoxy groups -OCH3 is 1. The van der Waals surface area contributed by atoms with Crippen molar-refractivity contribution in [2.24, 2.45) is 11.8 Å². The number of alkyl halides is 1. The van der Waals surface area contributed by atoms with E-state index in [1.807, 2.05) is 35.0 Å². The summed E-state index contributed by atoms with van der Waals surface area (Å²) in [6.07, 6.45) is 2.76. The van der Waals surface area contributed by atoms with Crippen molar-refractivity contribution in [2.75, 3.05) is 33.4 Å². The molecule has 0 spiro atoms. The Balaban J connectivity index is 1.35. The van der Waals surface area contributed by atoms with Gasteiger partial charge in [0.05, 0.1) is 19.2 Å². The van der Waals surface area contributed by atoms with Gasteiger partial charge in [-0.15, -0.1) is 0 Å². The molecule has 1 aliphatic rings. The predicted molar refractivity (Wildman–Crippen MR) is 128 cm³/mol. The first kappa shape index (κ1) is 22.7. The van der Waals surface area contributed by atoms with Crippen LogP contribution in [0.15, 0.2) is 47.3 Å². The lowest BCUT2D eigenvalue weighted by atomic mass is 9.81. The van der Waals surface area contributed by atoms with Gasteiger partial charge in [0.25, 0.3) is 0 Å². The monoisotopic (exact) mass is 452 g/mol. The minimum atomic E-state index is -1.07. The Morgan fingerprint density at radius 2 is 2.22 bits per heavy atom. The van der Waals surface area contributed by atoms with Crippen LogP contribution in [0.3, 0.4) is 0 Å². The third kappa shape index (κ3) is 5.47. The maximum absolute atomic E-state index is 15.3. The Hall–Kier alpha value is -2.46. The van der Waals surface area contributed by atoms with Crippen LogP contribution in [-0.2, 0) is 0 Å². The fourth-order valence-corrected chi connectivity index (χ4v) is 5.13. The molecule has 0 unspecified atom stereocenters. The molecule has 1 aromatic carbocycles. The summed E-state index contributed by atoms with van der Waals surface area (Å²) in [6.45, 7) is 2.58. The zero-order chi connectivity index (χ0) is 22.3. The molecule has 4 rings (SSSR count). The summed E-state index contributed by atoms with van der Waals surface area (Å²) in [7, 11) is 1.61. The Morgan fingerprint density at radius 1 is 1.31 bits per heavy atom. The van der Waals surface area contributed by atoms with Crippen molar-refractivity contribution >= 4 is 22.2 Å². The Labute approximate surface area is 193 Å². The van der Waals surface area contributed by atoms with Gasteiger partial charge in [-0.3, -0.25) is 9.88 Å². The van der Waals surface area contributed by atoms with Crippen molar-refractivity contribution in [2.45, 2.75) is 25.4 Å². The van der Waals surface area contributed by atoms with E-state index in [0.29, 0.717) is 30.2 Å². The summed E-state index contributed by atoms with van der Waals surface area (Å²) in [5, 5.41) is 14.8. The Kier molecular flexibility index (Phi) is 7.75. The molecule has 0 aliphatic carbocycles. The van der Waals surface area contributed by atoms with Crippen LogP contribution in [0.4, 0.5) is 4.39 Å². The highest BCUT2D eigenvalue weighted by Crippen LogP contribution is 2.35. The summed E-state index contributed by atoms with van der Waals surface area (Å²) < 4.78 is 20.6. The first-order valence-electron chi connectivity index (χ1n) is 11.1. The molecule has 0 bridgehead atoms. The molecule has 6 heteroatoms. The van der Waals surface area contributed by atoms with Crippen molar-refractivity contribution in [3.05, 3.63) is 58.4 Å². The number of hydrogen-bond donors (Lipinski definition) is 1. The highest BCUT2D eigenvalue weighted by atomic mass is 32.1. The second kappa shape index (κ2) is 10.9. The fourth-order valence-electron chi connectivity index (χ4n) is 4.54. The molecular formula is C26H29FN2O2S. The number of thiophene rings is 1. The molecule has 3 atom stereocenters. The largest absolute Gasteiger partial charge is 0.497 e. The van der Waals surface area contributed by atoms with Gasteiger partial charge in [0.1, 0.15) is 11.9 Å². The van der Waals surface area contributed by atoms with Crippen molar-refractivity contribution in [1.82, 2.24) is 9.88 Å². The lowest BCUT2D eigenvalue weighted by molar-refractivity contribution is 0.0708. The number of pyridine rings is 1. The van der Waals surface area contributed by atoms with Crippen LogP contribution >= 0.6 is 11.3 Å². The van der Waals surface area contributed by atoms with E-state index < -0.39 is 6.17 Å². The number of halogens is 1. The van der Waals surface area contributed by atoms with Gasteiger partial charge in [-0.05, 0) is 78.9 Å². The molecule has 3 heterocycles. The van der Waals surface area contributed by atoms with Crippen LogP contribution in [0.25, 0.3) is 10.9 Å². The number of hydrogen-bond acceptors (Lipinski definition) is 5. The van der Waals surface area contributed by atoms with Gasteiger partial charge in [-0.2, -0.15) is 11.3 Å². The summed E-state index contributed by atoms with van der Waals surface area (Å²) in [5.74, 6) is 7.61.